The number of hydrogen-bond donors (Lipinski definition) is 1. The molecule has 1 aliphatic heterocycles. The van der Waals surface area contributed by atoms with Gasteiger partial charge in [-0.25, -0.2) is 15.0 Å². The number of pyridine rings is 1. The van der Waals surface area contributed by atoms with Crippen LogP contribution in [0.25, 0.3) is 22.2 Å². The van der Waals surface area contributed by atoms with Crippen LogP contribution in [0.5, 0.6) is 0 Å². The van der Waals surface area contributed by atoms with Gasteiger partial charge in [-0.2, -0.15) is 8.78 Å². The van der Waals surface area contributed by atoms with E-state index in [1.807, 2.05) is 17.7 Å². The molecule has 0 aliphatic carbocycles. The number of nitrogens with zero attached hydrogens (tertiary/aromatic N) is 4. The summed E-state index contributed by atoms with van der Waals surface area (Å²) in [5, 5.41) is 3.42. The lowest BCUT2D eigenvalue weighted by Crippen LogP contribution is -2.38. The van der Waals surface area contributed by atoms with E-state index in [-0.39, 0.29) is 18.1 Å². The largest absolute Gasteiger partial charge is 0.374 e. The van der Waals surface area contributed by atoms with Crippen LogP contribution in [0.2, 0.25) is 0 Å². The van der Waals surface area contributed by atoms with Crippen LogP contribution in [-0.2, 0) is 15.5 Å². The van der Waals surface area contributed by atoms with Crippen LogP contribution in [0.15, 0.2) is 24.5 Å². The molecule has 1 amide bonds. The lowest BCUT2D eigenvalue weighted by atomic mass is 10.1. The van der Waals surface area contributed by atoms with Crippen molar-refractivity contribution in [2.24, 2.45) is 0 Å². The van der Waals surface area contributed by atoms with Crippen molar-refractivity contribution in [2.45, 2.75) is 45.8 Å². The number of hydrogen-bond acceptors (Lipinski definition) is 5. The minimum Gasteiger partial charge on any atom is -0.374 e. The first-order valence-electron chi connectivity index (χ1n) is 9.27. The molecule has 2 unspecified atom stereocenters. The number of alkyl halides is 2. The molecule has 152 valence electrons. The van der Waals surface area contributed by atoms with Gasteiger partial charge in [0.1, 0.15) is 5.82 Å². The molecule has 0 bridgehead atoms. The van der Waals surface area contributed by atoms with Crippen molar-refractivity contribution < 1.29 is 18.3 Å². The second-order valence-electron chi connectivity index (χ2n) is 7.43. The molecule has 1 saturated heterocycles. The van der Waals surface area contributed by atoms with Crippen LogP contribution in [0.1, 0.15) is 38.3 Å². The van der Waals surface area contributed by atoms with Gasteiger partial charge >= 0.3 is 5.92 Å². The molecule has 0 spiro atoms. The lowest BCUT2D eigenvalue weighted by Gasteiger charge is -2.35. The summed E-state index contributed by atoms with van der Waals surface area (Å²) in [6, 6.07) is 3.51. The Labute approximate surface area is 166 Å². The van der Waals surface area contributed by atoms with E-state index in [0.717, 1.165) is 17.8 Å². The third-order valence-corrected chi connectivity index (χ3v) is 4.98. The summed E-state index contributed by atoms with van der Waals surface area (Å²) in [6.45, 7) is 6.36. The fourth-order valence-corrected chi connectivity index (χ4v) is 3.46. The highest BCUT2D eigenvalue weighted by atomic mass is 19.3. The molecule has 1 aliphatic rings. The second kappa shape index (κ2) is 6.84. The predicted octanol–water partition coefficient (Wildman–Crippen LogP) is 3.83. The summed E-state index contributed by atoms with van der Waals surface area (Å²) < 4.78 is 35.3. The summed E-state index contributed by atoms with van der Waals surface area (Å²) in [5.74, 6) is -3.54. The average molecular weight is 401 g/mol. The van der Waals surface area contributed by atoms with Gasteiger partial charge < -0.3 is 14.6 Å². The van der Waals surface area contributed by atoms with E-state index < -0.39 is 11.7 Å². The van der Waals surface area contributed by atoms with Gasteiger partial charge in [-0.3, -0.25) is 4.79 Å². The second-order valence-corrected chi connectivity index (χ2v) is 7.43. The van der Waals surface area contributed by atoms with E-state index in [4.69, 9.17) is 4.74 Å². The van der Waals surface area contributed by atoms with E-state index in [9.17, 15) is 13.6 Å². The molecule has 7 nitrogen and oxygen atoms in total. The molecular formula is C20H21F2N5O2. The monoisotopic (exact) mass is 401 g/mol. The van der Waals surface area contributed by atoms with E-state index in [0.29, 0.717) is 29.4 Å². The van der Waals surface area contributed by atoms with Crippen molar-refractivity contribution >= 4 is 22.6 Å². The minimum absolute atomic E-state index is 0.0242. The number of fused-ring (bicyclic) bond motifs is 1. The Morgan fingerprint density at radius 2 is 2.10 bits per heavy atom. The Hall–Kier alpha value is -2.94. The molecule has 0 aromatic carbocycles. The summed E-state index contributed by atoms with van der Waals surface area (Å²) in [4.78, 5) is 23.8. The van der Waals surface area contributed by atoms with E-state index >= 15 is 0 Å². The number of aryl methyl sites for hydroxylation is 1. The predicted molar refractivity (Wildman–Crippen MR) is 104 cm³/mol. The van der Waals surface area contributed by atoms with Gasteiger partial charge in [0.25, 0.3) is 0 Å². The Bertz CT molecular complexity index is 1110. The van der Waals surface area contributed by atoms with Crippen LogP contribution in [0.4, 0.5) is 14.6 Å². The van der Waals surface area contributed by atoms with E-state index in [2.05, 4.69) is 20.3 Å². The van der Waals surface area contributed by atoms with Crippen molar-refractivity contribution in [3.63, 3.8) is 0 Å². The van der Waals surface area contributed by atoms with Crippen molar-refractivity contribution in [2.75, 3.05) is 11.9 Å². The molecule has 1 N–H and O–H groups in total. The van der Waals surface area contributed by atoms with Crippen molar-refractivity contribution in [1.29, 1.82) is 0 Å². The van der Waals surface area contributed by atoms with Gasteiger partial charge in [0, 0.05) is 36.7 Å². The Morgan fingerprint density at radius 1 is 1.34 bits per heavy atom. The third-order valence-electron chi connectivity index (χ3n) is 4.98. The summed E-state index contributed by atoms with van der Waals surface area (Å²) in [7, 11) is 0. The summed E-state index contributed by atoms with van der Waals surface area (Å²) in [5.41, 5.74) is 2.33. The van der Waals surface area contributed by atoms with Gasteiger partial charge in [-0.1, -0.05) is 0 Å². The molecule has 29 heavy (non-hydrogen) atoms. The van der Waals surface area contributed by atoms with Crippen molar-refractivity contribution in [1.82, 2.24) is 19.5 Å². The fraction of sp³-hybridized carbons (Fsp3) is 0.400. The molecule has 4 heterocycles. The van der Waals surface area contributed by atoms with Crippen LogP contribution in [-0.4, -0.2) is 38.1 Å². The molecule has 2 atom stereocenters. The zero-order valence-electron chi connectivity index (χ0n) is 16.5. The van der Waals surface area contributed by atoms with E-state index in [1.54, 1.807) is 25.3 Å². The number of aromatic nitrogens is 4. The van der Waals surface area contributed by atoms with Crippen molar-refractivity contribution in [3.8, 4) is 11.3 Å². The van der Waals surface area contributed by atoms with Crippen LogP contribution in [0, 0.1) is 6.92 Å². The maximum Gasteiger partial charge on any atom is 0.303 e. The number of carbonyl (C=O) groups excluding carboxylic acids is 1. The Morgan fingerprint density at radius 3 is 2.69 bits per heavy atom. The SMILES string of the molecule is CC(=O)Nc1cc2c(-c3cc(C)nc(C(C)(F)F)n3)cn(C3COC3C)c2cn1. The van der Waals surface area contributed by atoms with Crippen LogP contribution >= 0.6 is 0 Å². The minimum atomic E-state index is -3.15. The van der Waals surface area contributed by atoms with Crippen molar-refractivity contribution in [3.05, 3.63) is 36.0 Å². The normalized spacial score (nSPS) is 19.2. The maximum absolute atomic E-state index is 13.9. The standard InChI is InChI=1S/C20H21F2N5O2/c1-10-5-15(26-19(24-10)20(4,21)22)14-8-27(17-9-29-11(17)2)16-7-23-18(6-13(14)16)25-12(3)28/h5-8,11,17H,9H2,1-4H3,(H,23,25,28). The maximum atomic E-state index is 13.9. The number of ether oxygens (including phenoxy) is 1. The molecule has 9 heteroatoms. The number of nitrogens with one attached hydrogen (secondary N) is 1. The smallest absolute Gasteiger partial charge is 0.303 e. The molecule has 3 aromatic rings. The molecule has 1 fully saturated rings. The van der Waals surface area contributed by atoms with Gasteiger partial charge in [-0.05, 0) is 26.0 Å². The Kier molecular flexibility index (Phi) is 4.57. The van der Waals surface area contributed by atoms with Gasteiger partial charge in [0.15, 0.2) is 5.82 Å². The first kappa shape index (κ1) is 19.4. The van der Waals surface area contributed by atoms with Gasteiger partial charge in [0.2, 0.25) is 5.91 Å². The molecule has 3 aromatic heterocycles. The molecule has 0 saturated carbocycles. The topological polar surface area (TPSA) is 81.9 Å². The number of halogens is 2. The first-order chi connectivity index (χ1) is 13.6. The lowest BCUT2D eigenvalue weighted by molar-refractivity contribution is -0.114. The molecule has 4 rings (SSSR count). The number of rotatable bonds is 4. The highest BCUT2D eigenvalue weighted by molar-refractivity contribution is 5.98. The highest BCUT2D eigenvalue weighted by Gasteiger charge is 2.32. The average Bonchev–Trinajstić information content (AvgIpc) is 2.97. The Balaban J connectivity index is 1.93. The first-order valence-corrected chi connectivity index (χ1v) is 9.27. The molecular weight excluding hydrogens is 380 g/mol. The highest BCUT2D eigenvalue weighted by Crippen LogP contribution is 2.37. The van der Waals surface area contributed by atoms with Crippen LogP contribution in [0.3, 0.4) is 0 Å². The summed E-state index contributed by atoms with van der Waals surface area (Å²) >= 11 is 0. The van der Waals surface area contributed by atoms with E-state index in [1.165, 1.54) is 6.92 Å². The van der Waals surface area contributed by atoms with Crippen LogP contribution < -0.4 is 5.32 Å². The third kappa shape index (κ3) is 3.57. The summed E-state index contributed by atoms with van der Waals surface area (Å²) in [6.07, 6.45) is 3.57. The number of anilines is 1. The molecule has 0 radical (unpaired) electrons. The van der Waals surface area contributed by atoms with Gasteiger partial charge in [-0.15, -0.1) is 0 Å². The number of carbonyl (C=O) groups is 1. The van der Waals surface area contributed by atoms with Gasteiger partial charge in [0.05, 0.1) is 36.2 Å². The number of amides is 1. The zero-order chi connectivity index (χ0) is 20.9. The zero-order valence-corrected chi connectivity index (χ0v) is 16.5. The fourth-order valence-electron chi connectivity index (χ4n) is 3.46. The quantitative estimate of drug-likeness (QED) is 0.719.